The van der Waals surface area contributed by atoms with Gasteiger partial charge in [-0.25, -0.2) is 17.6 Å². The fourth-order valence-electron chi connectivity index (χ4n) is 1.24. The summed E-state index contributed by atoms with van der Waals surface area (Å²) in [5.74, 6) is -5.85. The summed E-state index contributed by atoms with van der Waals surface area (Å²) < 4.78 is 51.7. The maximum atomic E-state index is 13.1. The van der Waals surface area contributed by atoms with Gasteiger partial charge in [0.05, 0.1) is 0 Å². The lowest BCUT2D eigenvalue weighted by Crippen LogP contribution is -2.19. The zero-order valence-electron chi connectivity index (χ0n) is 8.14. The molecule has 0 aliphatic carbocycles. The fourth-order valence-corrected chi connectivity index (χ4v) is 1.24. The molecule has 0 aromatic heterocycles. The summed E-state index contributed by atoms with van der Waals surface area (Å²) in [4.78, 5) is 0. The average molecular weight is 259 g/mol. The molecule has 4 N–H and O–H groups in total. The maximum absolute atomic E-state index is 13.1. The van der Waals surface area contributed by atoms with Gasteiger partial charge in [0.15, 0.2) is 23.3 Å². The summed E-state index contributed by atoms with van der Waals surface area (Å²) in [5, 5.41) is 0. The molecule has 92 valence electrons. The minimum absolute atomic E-state index is 0. The summed E-state index contributed by atoms with van der Waals surface area (Å²) >= 11 is 0. The first-order chi connectivity index (χ1) is 6.99. The highest BCUT2D eigenvalue weighted by atomic mass is 35.5. The van der Waals surface area contributed by atoms with Gasteiger partial charge in [-0.3, -0.25) is 0 Å². The molecule has 1 atom stereocenters. The summed E-state index contributed by atoms with van der Waals surface area (Å²) in [6.07, 6.45) is 0.0384. The highest BCUT2D eigenvalue weighted by molar-refractivity contribution is 5.85. The van der Waals surface area contributed by atoms with Crippen molar-refractivity contribution in [1.82, 2.24) is 0 Å². The molecule has 0 heterocycles. The van der Waals surface area contributed by atoms with Crippen molar-refractivity contribution >= 4 is 12.4 Å². The third kappa shape index (κ3) is 2.84. The molecule has 0 radical (unpaired) electrons. The predicted octanol–water partition coefficient (Wildman–Crippen LogP) is 2.01. The first-order valence-corrected chi connectivity index (χ1v) is 4.27. The molecule has 0 amide bonds. The van der Waals surface area contributed by atoms with E-state index < -0.39 is 34.9 Å². The molecule has 0 saturated heterocycles. The molecule has 0 unspecified atom stereocenters. The van der Waals surface area contributed by atoms with Crippen LogP contribution in [0.3, 0.4) is 0 Å². The second-order valence-electron chi connectivity index (χ2n) is 3.07. The van der Waals surface area contributed by atoms with Crippen LogP contribution in [0.15, 0.2) is 6.07 Å². The molecule has 16 heavy (non-hydrogen) atoms. The molecule has 0 saturated carbocycles. The van der Waals surface area contributed by atoms with Crippen molar-refractivity contribution < 1.29 is 17.6 Å². The van der Waals surface area contributed by atoms with Crippen molar-refractivity contribution in [1.29, 1.82) is 0 Å². The highest BCUT2D eigenvalue weighted by Gasteiger charge is 2.23. The largest absolute Gasteiger partial charge is 0.330 e. The van der Waals surface area contributed by atoms with Crippen molar-refractivity contribution in [2.24, 2.45) is 11.5 Å². The number of rotatable bonds is 3. The monoisotopic (exact) mass is 258 g/mol. The summed E-state index contributed by atoms with van der Waals surface area (Å²) in [7, 11) is 0. The van der Waals surface area contributed by atoms with Crippen LogP contribution in [0, 0.1) is 23.3 Å². The van der Waals surface area contributed by atoms with Gasteiger partial charge >= 0.3 is 0 Å². The quantitative estimate of drug-likeness (QED) is 0.644. The van der Waals surface area contributed by atoms with Crippen LogP contribution >= 0.6 is 12.4 Å². The van der Waals surface area contributed by atoms with E-state index in [0.717, 1.165) is 0 Å². The Morgan fingerprint density at radius 2 is 1.50 bits per heavy atom. The first-order valence-electron chi connectivity index (χ1n) is 4.27. The Bertz CT molecular complexity index is 347. The zero-order chi connectivity index (χ0) is 11.6. The molecule has 1 aromatic rings. The Hall–Kier alpha value is -0.850. The smallest absolute Gasteiger partial charge is 0.166 e. The van der Waals surface area contributed by atoms with Crippen LogP contribution in [0.25, 0.3) is 0 Å². The van der Waals surface area contributed by atoms with E-state index in [0.29, 0.717) is 0 Å². The maximum Gasteiger partial charge on any atom is 0.166 e. The molecule has 0 bridgehead atoms. The van der Waals surface area contributed by atoms with Gasteiger partial charge in [-0.15, -0.1) is 12.4 Å². The van der Waals surface area contributed by atoms with E-state index in [1.165, 1.54) is 0 Å². The van der Waals surface area contributed by atoms with Gasteiger partial charge in [0.2, 0.25) is 0 Å². The van der Waals surface area contributed by atoms with Gasteiger partial charge in [-0.2, -0.15) is 0 Å². The number of nitrogens with two attached hydrogens (primary N) is 2. The Labute approximate surface area is 96.0 Å². The van der Waals surface area contributed by atoms with Crippen LogP contribution in [0.2, 0.25) is 0 Å². The van der Waals surface area contributed by atoms with Gasteiger partial charge in [-0.1, -0.05) is 0 Å². The van der Waals surface area contributed by atoms with Gasteiger partial charge in [0, 0.05) is 17.7 Å². The highest BCUT2D eigenvalue weighted by Crippen LogP contribution is 2.25. The van der Waals surface area contributed by atoms with E-state index in [4.69, 9.17) is 11.5 Å². The summed E-state index contributed by atoms with van der Waals surface area (Å²) in [6, 6.07) is -1.01. The van der Waals surface area contributed by atoms with Crippen LogP contribution < -0.4 is 11.5 Å². The Balaban J connectivity index is 0.00000225. The van der Waals surface area contributed by atoms with E-state index in [2.05, 4.69) is 0 Å². The van der Waals surface area contributed by atoms with E-state index in [1.807, 2.05) is 0 Å². The fraction of sp³-hybridized carbons (Fsp3) is 0.333. The SMILES string of the molecule is Cl.NCC[C@@H](N)c1c(F)c(F)cc(F)c1F. The minimum atomic E-state index is -1.46. The molecule has 2 nitrogen and oxygen atoms in total. The van der Waals surface area contributed by atoms with Crippen LogP contribution in [-0.2, 0) is 0 Å². The molecule has 1 aromatic carbocycles. The van der Waals surface area contributed by atoms with E-state index >= 15 is 0 Å². The van der Waals surface area contributed by atoms with Crippen molar-refractivity contribution in [2.45, 2.75) is 12.5 Å². The van der Waals surface area contributed by atoms with E-state index in [1.54, 1.807) is 0 Å². The van der Waals surface area contributed by atoms with Gasteiger partial charge < -0.3 is 11.5 Å². The van der Waals surface area contributed by atoms with Crippen LogP contribution in [0.1, 0.15) is 18.0 Å². The third-order valence-corrected chi connectivity index (χ3v) is 1.99. The molecular weight excluding hydrogens is 248 g/mol. The third-order valence-electron chi connectivity index (χ3n) is 1.99. The lowest BCUT2D eigenvalue weighted by Gasteiger charge is -2.13. The van der Waals surface area contributed by atoms with Crippen molar-refractivity contribution in [2.75, 3.05) is 6.54 Å². The number of hydrogen-bond donors (Lipinski definition) is 2. The lowest BCUT2D eigenvalue weighted by atomic mass is 10.0. The number of hydrogen-bond acceptors (Lipinski definition) is 2. The molecule has 0 aliphatic heterocycles. The van der Waals surface area contributed by atoms with Crippen LogP contribution in [0.4, 0.5) is 17.6 Å². The van der Waals surface area contributed by atoms with Gasteiger partial charge in [0.1, 0.15) is 0 Å². The molecule has 7 heteroatoms. The van der Waals surface area contributed by atoms with Gasteiger partial charge in [-0.05, 0) is 13.0 Å². The van der Waals surface area contributed by atoms with Crippen LogP contribution in [-0.4, -0.2) is 6.54 Å². The molecular formula is C9H11ClF4N2. The first kappa shape index (κ1) is 15.2. The second-order valence-corrected chi connectivity index (χ2v) is 3.07. The van der Waals surface area contributed by atoms with Crippen molar-refractivity contribution in [3.8, 4) is 0 Å². The zero-order valence-corrected chi connectivity index (χ0v) is 8.96. The molecule has 1 rings (SSSR count). The van der Waals surface area contributed by atoms with E-state index in [-0.39, 0.29) is 31.4 Å². The second kappa shape index (κ2) is 6.03. The molecule has 0 spiro atoms. The van der Waals surface area contributed by atoms with E-state index in [9.17, 15) is 17.6 Å². The molecule has 0 fully saturated rings. The molecule has 0 aliphatic rings. The average Bonchev–Trinajstić information content (AvgIpc) is 2.16. The normalized spacial score (nSPS) is 12.1. The van der Waals surface area contributed by atoms with Crippen molar-refractivity contribution in [3.05, 3.63) is 34.9 Å². The topological polar surface area (TPSA) is 52.0 Å². The Morgan fingerprint density at radius 1 is 1.06 bits per heavy atom. The summed E-state index contributed by atoms with van der Waals surface area (Å²) in [5.41, 5.74) is 9.69. The van der Waals surface area contributed by atoms with Crippen molar-refractivity contribution in [3.63, 3.8) is 0 Å². The number of halogens is 5. The predicted molar refractivity (Wildman–Crippen MR) is 54.1 cm³/mol. The summed E-state index contributed by atoms with van der Waals surface area (Å²) in [6.45, 7) is 0.0676. The Kier molecular flexibility index (Phi) is 5.71. The minimum Gasteiger partial charge on any atom is -0.330 e. The standard InChI is InChI=1S/C9H10F4N2.ClH/c10-4-3-5(11)9(13)7(8(4)12)6(15)1-2-14;/h3,6H,1-2,14-15H2;1H/t6-;/m1./s1. The number of benzene rings is 1. The lowest BCUT2D eigenvalue weighted by molar-refractivity contribution is 0.423. The van der Waals surface area contributed by atoms with Gasteiger partial charge in [0.25, 0.3) is 0 Å². The Morgan fingerprint density at radius 3 is 1.88 bits per heavy atom. The van der Waals surface area contributed by atoms with Crippen LogP contribution in [0.5, 0.6) is 0 Å².